The number of aromatic nitrogens is 1. The molecule has 3 heterocycles. The number of likely N-dealkylation sites (tertiary alicyclic amines) is 1. The molecule has 162 valence electrons. The van der Waals surface area contributed by atoms with Crippen LogP contribution in [0.15, 0.2) is 59.4 Å². The summed E-state index contributed by atoms with van der Waals surface area (Å²) in [5.74, 6) is 0.0503. The predicted molar refractivity (Wildman–Crippen MR) is 126 cm³/mol. The Morgan fingerprint density at radius 1 is 1.00 bits per heavy atom. The van der Waals surface area contributed by atoms with Gasteiger partial charge in [0.1, 0.15) is 10.3 Å². The Bertz CT molecular complexity index is 1400. The lowest BCUT2D eigenvalue weighted by atomic mass is 10.1. The maximum absolute atomic E-state index is 13.7. The van der Waals surface area contributed by atoms with Gasteiger partial charge in [0, 0.05) is 24.0 Å². The van der Waals surface area contributed by atoms with Crippen LogP contribution >= 0.6 is 11.3 Å². The number of thiophene rings is 1. The van der Waals surface area contributed by atoms with Crippen LogP contribution in [0.5, 0.6) is 5.75 Å². The molecule has 0 unspecified atom stereocenters. The highest BCUT2D eigenvalue weighted by atomic mass is 32.1. The van der Waals surface area contributed by atoms with Gasteiger partial charge in [0.25, 0.3) is 11.5 Å². The molecule has 0 spiro atoms. The molecule has 6 nitrogen and oxygen atoms in total. The van der Waals surface area contributed by atoms with Crippen molar-refractivity contribution in [1.82, 2.24) is 9.47 Å². The maximum atomic E-state index is 13.7. The number of amides is 1. The molecule has 5 rings (SSSR count). The summed E-state index contributed by atoms with van der Waals surface area (Å²) in [6.07, 6.45) is 1.96. The first-order valence-corrected chi connectivity index (χ1v) is 11.4. The van der Waals surface area contributed by atoms with Gasteiger partial charge < -0.3 is 9.64 Å². The number of nitrogens with zero attached hydrogens (tertiary/aromatic N) is 2. The van der Waals surface area contributed by atoms with Crippen LogP contribution in [0, 0.1) is 0 Å². The van der Waals surface area contributed by atoms with Crippen LogP contribution in [-0.4, -0.2) is 41.4 Å². The van der Waals surface area contributed by atoms with Crippen molar-refractivity contribution in [3.05, 3.63) is 75.4 Å². The molecule has 1 amide bonds. The third kappa shape index (κ3) is 3.29. The lowest BCUT2D eigenvalue weighted by molar-refractivity contribution is 0.0794. The molecule has 1 fully saturated rings. The molecular formula is C25H22N2O4S. The molecule has 4 aromatic rings. The van der Waals surface area contributed by atoms with E-state index in [4.69, 9.17) is 4.74 Å². The van der Waals surface area contributed by atoms with Crippen LogP contribution in [0.4, 0.5) is 0 Å². The number of ether oxygens (including phenoxy) is 1. The first kappa shape index (κ1) is 20.5. The van der Waals surface area contributed by atoms with E-state index in [2.05, 4.69) is 0 Å². The zero-order chi connectivity index (χ0) is 22.2. The minimum atomic E-state index is -0.323. The number of benzene rings is 2. The fraction of sp³-hybridized carbons (Fsp3) is 0.240. The summed E-state index contributed by atoms with van der Waals surface area (Å²) in [5.41, 5.74) is 0.890. The summed E-state index contributed by atoms with van der Waals surface area (Å²) in [6, 6.07) is 16.4. The van der Waals surface area contributed by atoms with Gasteiger partial charge in [0.15, 0.2) is 11.5 Å². The van der Waals surface area contributed by atoms with Gasteiger partial charge in [-0.05, 0) is 18.9 Å². The van der Waals surface area contributed by atoms with Crippen molar-refractivity contribution < 1.29 is 14.3 Å². The van der Waals surface area contributed by atoms with Gasteiger partial charge in [0.2, 0.25) is 0 Å². The van der Waals surface area contributed by atoms with Crippen LogP contribution in [0.2, 0.25) is 0 Å². The van der Waals surface area contributed by atoms with Crippen molar-refractivity contribution in [2.24, 2.45) is 0 Å². The molecule has 32 heavy (non-hydrogen) atoms. The number of para-hydroxylation sites is 1. The SMILES string of the molecule is COc1c(C(=O)N2CCCC2)sc2c1c(=O)n(CC(=O)c1ccccc1)c1ccccc21. The number of rotatable bonds is 5. The molecule has 0 N–H and O–H groups in total. The first-order chi connectivity index (χ1) is 15.6. The molecule has 1 aliphatic rings. The van der Waals surface area contributed by atoms with E-state index in [9.17, 15) is 14.4 Å². The molecule has 2 aromatic carbocycles. The minimum Gasteiger partial charge on any atom is -0.494 e. The second kappa shape index (κ2) is 8.24. The molecular weight excluding hydrogens is 424 g/mol. The van der Waals surface area contributed by atoms with Crippen molar-refractivity contribution in [3.63, 3.8) is 0 Å². The van der Waals surface area contributed by atoms with Gasteiger partial charge in [-0.1, -0.05) is 48.5 Å². The highest BCUT2D eigenvalue weighted by molar-refractivity contribution is 7.22. The third-order valence-electron chi connectivity index (χ3n) is 5.95. The first-order valence-electron chi connectivity index (χ1n) is 10.6. The third-order valence-corrected chi connectivity index (χ3v) is 7.14. The standard InChI is InChI=1S/C25H22N2O4S/c1-31-21-20-22(32-23(21)25(30)26-13-7-8-14-26)17-11-5-6-12-18(17)27(24(20)29)15-19(28)16-9-3-2-4-10-16/h2-6,9-12H,7-8,13-15H2,1H3. The molecule has 1 saturated heterocycles. The Labute approximate surface area is 188 Å². The van der Waals surface area contributed by atoms with Crippen LogP contribution in [0.3, 0.4) is 0 Å². The molecule has 0 saturated carbocycles. The highest BCUT2D eigenvalue weighted by Crippen LogP contribution is 2.40. The van der Waals surface area contributed by atoms with Gasteiger partial charge in [0.05, 0.1) is 23.9 Å². The van der Waals surface area contributed by atoms with Gasteiger partial charge in [-0.25, -0.2) is 0 Å². The fourth-order valence-electron chi connectivity index (χ4n) is 4.36. The smallest absolute Gasteiger partial charge is 0.267 e. The Morgan fingerprint density at radius 2 is 1.69 bits per heavy atom. The molecule has 1 aliphatic heterocycles. The number of hydrogen-bond donors (Lipinski definition) is 0. The largest absolute Gasteiger partial charge is 0.494 e. The summed E-state index contributed by atoms with van der Waals surface area (Å²) in [5, 5.41) is 1.19. The molecule has 0 bridgehead atoms. The van der Waals surface area contributed by atoms with Gasteiger partial charge in [-0.3, -0.25) is 19.0 Å². The van der Waals surface area contributed by atoms with Crippen molar-refractivity contribution in [2.75, 3.05) is 20.2 Å². The van der Waals surface area contributed by atoms with Crippen molar-refractivity contribution in [3.8, 4) is 5.75 Å². The predicted octanol–water partition coefficient (Wildman–Crippen LogP) is 4.34. The summed E-state index contributed by atoms with van der Waals surface area (Å²) in [6.45, 7) is 1.34. The second-order valence-corrected chi connectivity index (χ2v) is 8.89. The van der Waals surface area contributed by atoms with Crippen molar-refractivity contribution in [2.45, 2.75) is 19.4 Å². The van der Waals surface area contributed by atoms with E-state index in [1.807, 2.05) is 35.2 Å². The van der Waals surface area contributed by atoms with Crippen LogP contribution in [-0.2, 0) is 6.54 Å². The summed E-state index contributed by atoms with van der Waals surface area (Å²) in [7, 11) is 1.48. The monoisotopic (exact) mass is 446 g/mol. The number of Topliss-reactive ketones (excluding diaryl/α,β-unsaturated/α-hetero) is 1. The average Bonchev–Trinajstić information content (AvgIpc) is 3.50. The number of carbonyl (C=O) groups is 2. The van der Waals surface area contributed by atoms with Gasteiger partial charge in [-0.2, -0.15) is 0 Å². The molecule has 2 aromatic heterocycles. The fourth-order valence-corrected chi connectivity index (χ4v) is 5.62. The van der Waals surface area contributed by atoms with Gasteiger partial charge in [-0.15, -0.1) is 11.3 Å². The number of carbonyl (C=O) groups excluding carboxylic acids is 2. The average molecular weight is 447 g/mol. The number of methoxy groups -OCH3 is 1. The Kier molecular flexibility index (Phi) is 5.27. The normalized spacial score (nSPS) is 13.7. The Balaban J connectivity index is 1.73. The van der Waals surface area contributed by atoms with Crippen molar-refractivity contribution >= 4 is 44.0 Å². The van der Waals surface area contributed by atoms with E-state index in [1.54, 1.807) is 24.3 Å². The zero-order valence-corrected chi connectivity index (χ0v) is 18.5. The van der Waals surface area contributed by atoms with E-state index in [0.717, 1.165) is 18.2 Å². The number of hydrogen-bond acceptors (Lipinski definition) is 5. The Hall–Kier alpha value is -3.45. The molecule has 7 heteroatoms. The van der Waals surface area contributed by atoms with E-state index in [-0.39, 0.29) is 23.8 Å². The van der Waals surface area contributed by atoms with E-state index in [1.165, 1.54) is 23.0 Å². The van der Waals surface area contributed by atoms with E-state index < -0.39 is 0 Å². The zero-order valence-electron chi connectivity index (χ0n) is 17.7. The quantitative estimate of drug-likeness (QED) is 0.428. The summed E-state index contributed by atoms with van der Waals surface area (Å²) >= 11 is 1.30. The second-order valence-electron chi connectivity index (χ2n) is 7.87. The van der Waals surface area contributed by atoms with E-state index in [0.29, 0.717) is 44.9 Å². The lowest BCUT2D eigenvalue weighted by Crippen LogP contribution is -2.27. The number of fused-ring (bicyclic) bond motifs is 3. The number of pyridine rings is 1. The van der Waals surface area contributed by atoms with E-state index >= 15 is 0 Å². The van der Waals surface area contributed by atoms with Crippen LogP contribution in [0.25, 0.3) is 21.0 Å². The molecule has 0 radical (unpaired) electrons. The topological polar surface area (TPSA) is 68.6 Å². The molecule has 0 aliphatic carbocycles. The van der Waals surface area contributed by atoms with Gasteiger partial charge >= 0.3 is 0 Å². The summed E-state index contributed by atoms with van der Waals surface area (Å²) in [4.78, 5) is 42.0. The maximum Gasteiger partial charge on any atom is 0.267 e. The van der Waals surface area contributed by atoms with Crippen LogP contribution < -0.4 is 10.3 Å². The van der Waals surface area contributed by atoms with Crippen LogP contribution in [0.1, 0.15) is 32.9 Å². The highest BCUT2D eigenvalue weighted by Gasteiger charge is 2.29. The molecule has 0 atom stereocenters. The lowest BCUT2D eigenvalue weighted by Gasteiger charge is -2.14. The Morgan fingerprint density at radius 3 is 2.41 bits per heavy atom. The van der Waals surface area contributed by atoms with Crippen molar-refractivity contribution in [1.29, 1.82) is 0 Å². The summed E-state index contributed by atoms with van der Waals surface area (Å²) < 4.78 is 7.83. The minimum absolute atomic E-state index is 0.0896. The number of ketones is 1.